The number of hydrogen-bond acceptors (Lipinski definition) is 4. The zero-order valence-electron chi connectivity index (χ0n) is 10.9. The Morgan fingerprint density at radius 2 is 2.06 bits per heavy atom. The first-order chi connectivity index (χ1) is 7.65. The van der Waals surface area contributed by atoms with Gasteiger partial charge < -0.3 is 10.1 Å². The number of carbonyl (C=O) groups excluding carboxylic acids is 1. The van der Waals surface area contributed by atoms with E-state index in [0.29, 0.717) is 12.6 Å². The van der Waals surface area contributed by atoms with Gasteiger partial charge in [0.15, 0.2) is 0 Å². The van der Waals surface area contributed by atoms with E-state index in [2.05, 4.69) is 26.1 Å². The number of hydrogen-bond donors (Lipinski definition) is 1. The number of ether oxygens (including phenoxy) is 1. The van der Waals surface area contributed by atoms with Crippen LogP contribution in [0.1, 0.15) is 40.5 Å². The van der Waals surface area contributed by atoms with Crippen molar-refractivity contribution in [3.05, 3.63) is 0 Å². The van der Waals surface area contributed by atoms with Crippen LogP contribution in [0, 0.1) is 0 Å². The number of carbonyl (C=O) groups is 1. The molecular weight excluding hydrogens is 222 g/mol. The molecule has 0 aliphatic carbocycles. The minimum absolute atomic E-state index is 0.112. The van der Waals surface area contributed by atoms with E-state index in [1.807, 2.05) is 18.7 Å². The number of nitrogens with one attached hydrogen (secondary N) is 1. The Hall–Kier alpha value is -0.220. The molecule has 1 N–H and O–H groups in total. The van der Waals surface area contributed by atoms with Crippen LogP contribution in [0.5, 0.6) is 0 Å². The fraction of sp³-hybridized carbons (Fsp3) is 0.917. The van der Waals surface area contributed by atoms with Gasteiger partial charge in [0.25, 0.3) is 0 Å². The monoisotopic (exact) mass is 247 g/mol. The Morgan fingerprint density at radius 3 is 2.56 bits per heavy atom. The van der Waals surface area contributed by atoms with Gasteiger partial charge in [-0.2, -0.15) is 11.8 Å². The standard InChI is InChI=1S/C12H25NO2S/c1-5-10(4)13-11(8-9-16-7-3)12(14)15-6-2/h10-11,13H,5-9H2,1-4H3. The molecule has 96 valence electrons. The summed E-state index contributed by atoms with van der Waals surface area (Å²) in [4.78, 5) is 11.7. The Labute approximate surface area is 104 Å². The number of esters is 1. The summed E-state index contributed by atoms with van der Waals surface area (Å²) in [6.45, 7) is 8.64. The minimum atomic E-state index is -0.144. The van der Waals surface area contributed by atoms with Gasteiger partial charge in [0, 0.05) is 6.04 Å². The third kappa shape index (κ3) is 7.12. The lowest BCUT2D eigenvalue weighted by molar-refractivity contribution is -0.145. The quantitative estimate of drug-likeness (QED) is 0.502. The van der Waals surface area contributed by atoms with Gasteiger partial charge in [-0.3, -0.25) is 4.79 Å². The van der Waals surface area contributed by atoms with E-state index in [4.69, 9.17) is 4.74 Å². The lowest BCUT2D eigenvalue weighted by Crippen LogP contribution is -2.43. The molecule has 0 aromatic rings. The minimum Gasteiger partial charge on any atom is -0.465 e. The van der Waals surface area contributed by atoms with Crippen LogP contribution in [0.15, 0.2) is 0 Å². The van der Waals surface area contributed by atoms with Crippen molar-refractivity contribution in [2.45, 2.75) is 52.6 Å². The van der Waals surface area contributed by atoms with Crippen LogP contribution in [0.4, 0.5) is 0 Å². The first-order valence-corrected chi connectivity index (χ1v) is 7.31. The Morgan fingerprint density at radius 1 is 1.38 bits per heavy atom. The van der Waals surface area contributed by atoms with Crippen molar-refractivity contribution in [2.75, 3.05) is 18.1 Å². The summed E-state index contributed by atoms with van der Waals surface area (Å²) in [6, 6.07) is 0.218. The van der Waals surface area contributed by atoms with Crippen molar-refractivity contribution in [2.24, 2.45) is 0 Å². The summed E-state index contributed by atoms with van der Waals surface area (Å²) >= 11 is 1.86. The SMILES string of the molecule is CCOC(=O)C(CCSCC)NC(C)CC. The van der Waals surface area contributed by atoms with Gasteiger partial charge in [0.1, 0.15) is 6.04 Å². The van der Waals surface area contributed by atoms with Crippen LogP contribution in [0.25, 0.3) is 0 Å². The topological polar surface area (TPSA) is 38.3 Å². The van der Waals surface area contributed by atoms with Crippen LogP contribution in [-0.4, -0.2) is 36.2 Å². The lowest BCUT2D eigenvalue weighted by atomic mass is 10.1. The molecule has 0 rings (SSSR count). The summed E-state index contributed by atoms with van der Waals surface area (Å²) in [6.07, 6.45) is 1.87. The molecule has 0 amide bonds. The average molecular weight is 247 g/mol. The first kappa shape index (κ1) is 15.8. The maximum Gasteiger partial charge on any atom is 0.323 e. The van der Waals surface area contributed by atoms with Crippen LogP contribution in [0.3, 0.4) is 0 Å². The van der Waals surface area contributed by atoms with Gasteiger partial charge >= 0.3 is 5.97 Å². The summed E-state index contributed by atoms with van der Waals surface area (Å²) in [5.74, 6) is 1.99. The Kier molecular flexibility index (Phi) is 9.83. The molecule has 3 nitrogen and oxygen atoms in total. The normalized spacial score (nSPS) is 14.5. The Balaban J connectivity index is 4.09. The fourth-order valence-electron chi connectivity index (χ4n) is 1.32. The predicted molar refractivity (Wildman–Crippen MR) is 70.9 cm³/mol. The molecule has 2 atom stereocenters. The highest BCUT2D eigenvalue weighted by molar-refractivity contribution is 7.99. The van der Waals surface area contributed by atoms with Gasteiger partial charge in [-0.25, -0.2) is 0 Å². The lowest BCUT2D eigenvalue weighted by Gasteiger charge is -2.20. The Bertz CT molecular complexity index is 188. The van der Waals surface area contributed by atoms with Crippen molar-refractivity contribution in [3.8, 4) is 0 Å². The first-order valence-electron chi connectivity index (χ1n) is 6.16. The highest BCUT2D eigenvalue weighted by Crippen LogP contribution is 2.07. The van der Waals surface area contributed by atoms with E-state index >= 15 is 0 Å². The van der Waals surface area contributed by atoms with Crippen LogP contribution in [-0.2, 0) is 9.53 Å². The van der Waals surface area contributed by atoms with E-state index in [-0.39, 0.29) is 12.0 Å². The molecule has 0 aromatic carbocycles. The van der Waals surface area contributed by atoms with Crippen molar-refractivity contribution in [1.82, 2.24) is 5.32 Å². The molecule has 0 aliphatic rings. The van der Waals surface area contributed by atoms with Gasteiger partial charge in [0.05, 0.1) is 6.61 Å². The highest BCUT2D eigenvalue weighted by Gasteiger charge is 2.20. The third-order valence-electron chi connectivity index (χ3n) is 2.42. The van der Waals surface area contributed by atoms with Crippen LogP contribution in [0.2, 0.25) is 0 Å². The maximum absolute atomic E-state index is 11.7. The molecule has 16 heavy (non-hydrogen) atoms. The summed E-state index contributed by atoms with van der Waals surface area (Å²) in [5, 5.41) is 3.32. The second-order valence-electron chi connectivity index (χ2n) is 3.77. The van der Waals surface area contributed by atoms with Crippen molar-refractivity contribution < 1.29 is 9.53 Å². The fourth-order valence-corrected chi connectivity index (χ4v) is 2.01. The van der Waals surface area contributed by atoms with Crippen LogP contribution >= 0.6 is 11.8 Å². The van der Waals surface area contributed by atoms with E-state index in [9.17, 15) is 4.79 Å². The van der Waals surface area contributed by atoms with E-state index in [0.717, 1.165) is 24.3 Å². The van der Waals surface area contributed by atoms with Crippen molar-refractivity contribution in [3.63, 3.8) is 0 Å². The van der Waals surface area contributed by atoms with Gasteiger partial charge in [-0.15, -0.1) is 0 Å². The molecule has 0 fully saturated rings. The molecule has 4 heteroatoms. The number of rotatable bonds is 9. The van der Waals surface area contributed by atoms with E-state index in [1.165, 1.54) is 0 Å². The molecular formula is C12H25NO2S. The smallest absolute Gasteiger partial charge is 0.323 e. The number of thioether (sulfide) groups is 1. The molecule has 0 saturated carbocycles. The van der Waals surface area contributed by atoms with Crippen molar-refractivity contribution >= 4 is 17.7 Å². The van der Waals surface area contributed by atoms with Gasteiger partial charge in [-0.1, -0.05) is 13.8 Å². The van der Waals surface area contributed by atoms with Gasteiger partial charge in [-0.05, 0) is 38.2 Å². The molecule has 0 radical (unpaired) electrons. The molecule has 0 aromatic heterocycles. The second kappa shape index (κ2) is 9.97. The third-order valence-corrected chi connectivity index (χ3v) is 3.36. The molecule has 2 unspecified atom stereocenters. The molecule has 0 spiro atoms. The van der Waals surface area contributed by atoms with Crippen LogP contribution < -0.4 is 5.32 Å². The summed E-state index contributed by atoms with van der Waals surface area (Å²) in [5.41, 5.74) is 0. The zero-order valence-corrected chi connectivity index (χ0v) is 11.7. The van der Waals surface area contributed by atoms with E-state index < -0.39 is 0 Å². The summed E-state index contributed by atoms with van der Waals surface area (Å²) in [7, 11) is 0. The molecule has 0 aliphatic heterocycles. The highest BCUT2D eigenvalue weighted by atomic mass is 32.2. The molecule has 0 bridgehead atoms. The second-order valence-corrected chi connectivity index (χ2v) is 5.16. The van der Waals surface area contributed by atoms with Gasteiger partial charge in [0.2, 0.25) is 0 Å². The summed E-state index contributed by atoms with van der Waals surface area (Å²) < 4.78 is 5.07. The average Bonchev–Trinajstić information content (AvgIpc) is 2.28. The maximum atomic E-state index is 11.7. The molecule has 0 heterocycles. The molecule has 0 saturated heterocycles. The zero-order chi connectivity index (χ0) is 12.4. The van der Waals surface area contributed by atoms with Crippen molar-refractivity contribution in [1.29, 1.82) is 0 Å². The predicted octanol–water partition coefficient (Wildman–Crippen LogP) is 2.45. The van der Waals surface area contributed by atoms with E-state index in [1.54, 1.807) is 0 Å². The largest absolute Gasteiger partial charge is 0.465 e.